The predicted octanol–water partition coefficient (Wildman–Crippen LogP) is 4.35. The Kier molecular flexibility index (Phi) is 7.10. The summed E-state index contributed by atoms with van der Waals surface area (Å²) in [5, 5.41) is 18.7. The summed E-state index contributed by atoms with van der Waals surface area (Å²) in [6, 6.07) is 10.8. The molecule has 0 bridgehead atoms. The summed E-state index contributed by atoms with van der Waals surface area (Å²) >= 11 is 2.52. The number of amides is 1. The van der Waals surface area contributed by atoms with Gasteiger partial charge in [-0.25, -0.2) is 0 Å². The number of hydrogen-bond donors (Lipinski definition) is 3. The minimum atomic E-state index is -0.445. The second-order valence-corrected chi connectivity index (χ2v) is 9.13. The summed E-state index contributed by atoms with van der Waals surface area (Å²) in [5.74, 6) is 0.0903. The van der Waals surface area contributed by atoms with Crippen LogP contribution in [0, 0.1) is 16.2 Å². The van der Waals surface area contributed by atoms with Crippen LogP contribution >= 0.6 is 23.1 Å². The van der Waals surface area contributed by atoms with E-state index in [0.717, 1.165) is 16.6 Å². The van der Waals surface area contributed by atoms with Gasteiger partial charge in [0.25, 0.3) is 0 Å². The first-order valence-electron chi connectivity index (χ1n) is 8.44. The van der Waals surface area contributed by atoms with Gasteiger partial charge in [0, 0.05) is 27.6 Å². The number of Topliss-reactive ketones (excluding diaryl/α,β-unsaturated/α-hetero) is 1. The Morgan fingerprint density at radius 1 is 1.19 bits per heavy atom. The normalized spacial score (nSPS) is 11.1. The van der Waals surface area contributed by atoms with Crippen LogP contribution in [-0.4, -0.2) is 28.7 Å². The molecule has 7 heteroatoms. The van der Waals surface area contributed by atoms with E-state index in [-0.39, 0.29) is 22.5 Å². The smallest absolute Gasteiger partial charge is 0.225 e. The number of nitrogens with one attached hydrogen (secondary N) is 3. The number of hydrogen-bond acceptors (Lipinski definition) is 6. The average molecular weight is 402 g/mol. The molecule has 3 N–H and O–H groups in total. The summed E-state index contributed by atoms with van der Waals surface area (Å²) in [7, 11) is 0. The maximum absolute atomic E-state index is 12.4. The number of rotatable bonds is 7. The summed E-state index contributed by atoms with van der Waals surface area (Å²) in [6.45, 7) is 5.97. The van der Waals surface area contributed by atoms with Gasteiger partial charge in [0.1, 0.15) is 0 Å². The van der Waals surface area contributed by atoms with Gasteiger partial charge in [0.05, 0.1) is 22.2 Å². The van der Waals surface area contributed by atoms with Crippen LogP contribution in [0.15, 0.2) is 36.4 Å². The number of ketones is 1. The van der Waals surface area contributed by atoms with E-state index in [9.17, 15) is 9.59 Å². The van der Waals surface area contributed by atoms with Crippen LogP contribution in [0.2, 0.25) is 0 Å². The molecule has 5 nitrogen and oxygen atoms in total. The van der Waals surface area contributed by atoms with Gasteiger partial charge in [0.15, 0.2) is 5.78 Å². The van der Waals surface area contributed by atoms with Gasteiger partial charge in [-0.2, -0.15) is 0 Å². The molecule has 0 saturated carbocycles. The van der Waals surface area contributed by atoms with Crippen molar-refractivity contribution in [2.75, 3.05) is 5.75 Å². The van der Waals surface area contributed by atoms with E-state index >= 15 is 0 Å². The minimum Gasteiger partial charge on any atom is -0.351 e. The van der Waals surface area contributed by atoms with Gasteiger partial charge in [-0.05, 0) is 12.1 Å². The lowest BCUT2D eigenvalue weighted by atomic mass is 9.96. The first-order valence-corrected chi connectivity index (χ1v) is 10.2. The number of benzene rings is 1. The molecule has 0 saturated heterocycles. The van der Waals surface area contributed by atoms with Crippen LogP contribution in [0.5, 0.6) is 0 Å². The predicted molar refractivity (Wildman–Crippen MR) is 114 cm³/mol. The average Bonchev–Trinajstić information content (AvgIpc) is 3.12. The Morgan fingerprint density at radius 3 is 2.56 bits per heavy atom. The second kappa shape index (κ2) is 9.10. The van der Waals surface area contributed by atoms with Crippen molar-refractivity contribution >= 4 is 46.0 Å². The van der Waals surface area contributed by atoms with Gasteiger partial charge >= 0.3 is 0 Å². The Hall–Kier alpha value is -2.25. The van der Waals surface area contributed by atoms with Gasteiger partial charge in [0.2, 0.25) is 5.91 Å². The molecule has 0 aliphatic rings. The van der Waals surface area contributed by atoms with Crippen LogP contribution in [0.1, 0.15) is 46.4 Å². The molecule has 27 heavy (non-hydrogen) atoms. The van der Waals surface area contributed by atoms with Crippen molar-refractivity contribution in [1.29, 1.82) is 10.8 Å². The molecule has 1 heterocycles. The van der Waals surface area contributed by atoms with E-state index < -0.39 is 5.41 Å². The topological polar surface area (TPSA) is 93.9 Å². The largest absolute Gasteiger partial charge is 0.351 e. The SMILES string of the molecule is CC(C)(C)C(=O)NCc1ccc(C(=O)CSC(=N)c2ccccc2C=N)s1. The van der Waals surface area contributed by atoms with Gasteiger partial charge < -0.3 is 10.7 Å². The monoisotopic (exact) mass is 401 g/mol. The minimum absolute atomic E-state index is 0.0300. The zero-order valence-corrected chi connectivity index (χ0v) is 17.2. The molecule has 0 spiro atoms. The van der Waals surface area contributed by atoms with E-state index in [1.54, 1.807) is 18.2 Å². The van der Waals surface area contributed by atoms with E-state index in [4.69, 9.17) is 10.8 Å². The molecule has 0 atom stereocenters. The second-order valence-electron chi connectivity index (χ2n) is 6.97. The van der Waals surface area contributed by atoms with E-state index in [0.29, 0.717) is 22.5 Å². The summed E-state index contributed by atoms with van der Waals surface area (Å²) in [6.07, 6.45) is 1.21. The summed E-state index contributed by atoms with van der Waals surface area (Å²) in [4.78, 5) is 25.9. The number of thiophene rings is 1. The Balaban J connectivity index is 1.91. The van der Waals surface area contributed by atoms with Crippen molar-refractivity contribution in [2.24, 2.45) is 5.41 Å². The number of carbonyl (C=O) groups is 2. The molecule has 0 fully saturated rings. The molecule has 0 unspecified atom stereocenters. The van der Waals surface area contributed by atoms with Crippen molar-refractivity contribution in [3.05, 3.63) is 57.3 Å². The van der Waals surface area contributed by atoms with Crippen LogP contribution in [0.25, 0.3) is 0 Å². The van der Waals surface area contributed by atoms with Gasteiger partial charge in [-0.3, -0.25) is 15.0 Å². The first-order chi connectivity index (χ1) is 12.7. The van der Waals surface area contributed by atoms with Gasteiger partial charge in [-0.1, -0.05) is 56.8 Å². The van der Waals surface area contributed by atoms with Crippen LogP contribution in [0.4, 0.5) is 0 Å². The summed E-state index contributed by atoms with van der Waals surface area (Å²) in [5.41, 5.74) is 0.872. The Labute approximate surface area is 167 Å². The summed E-state index contributed by atoms with van der Waals surface area (Å²) < 4.78 is 0. The highest BCUT2D eigenvalue weighted by atomic mass is 32.2. The maximum Gasteiger partial charge on any atom is 0.225 e. The number of carbonyl (C=O) groups excluding carboxylic acids is 2. The van der Waals surface area contributed by atoms with Crippen molar-refractivity contribution < 1.29 is 9.59 Å². The van der Waals surface area contributed by atoms with Crippen molar-refractivity contribution in [3.63, 3.8) is 0 Å². The van der Waals surface area contributed by atoms with E-state index in [1.807, 2.05) is 39.0 Å². The molecule has 0 aliphatic carbocycles. The highest BCUT2D eigenvalue weighted by molar-refractivity contribution is 8.14. The van der Waals surface area contributed by atoms with Crippen molar-refractivity contribution in [2.45, 2.75) is 27.3 Å². The fourth-order valence-corrected chi connectivity index (χ4v) is 3.92. The molecule has 1 aromatic heterocycles. The molecule has 2 aromatic rings. The standard InChI is InChI=1S/C20H23N3O2S2/c1-20(2,3)19(25)23-11-14-8-9-17(27-14)16(24)12-26-18(22)15-7-5-4-6-13(15)10-21/h4-10,21-22H,11-12H2,1-3H3,(H,23,25). The Morgan fingerprint density at radius 2 is 1.89 bits per heavy atom. The first kappa shape index (κ1) is 21.1. The maximum atomic E-state index is 12.4. The number of thioether (sulfide) groups is 1. The third-order valence-corrected chi connectivity index (χ3v) is 5.79. The van der Waals surface area contributed by atoms with Gasteiger partial charge in [-0.15, -0.1) is 11.3 Å². The molecule has 2 rings (SSSR count). The highest BCUT2D eigenvalue weighted by Crippen LogP contribution is 2.22. The lowest BCUT2D eigenvalue weighted by Crippen LogP contribution is -2.34. The van der Waals surface area contributed by atoms with Crippen molar-refractivity contribution in [1.82, 2.24) is 5.32 Å². The molecular formula is C20H23N3O2S2. The zero-order chi connectivity index (χ0) is 20.0. The Bertz CT molecular complexity index is 866. The van der Waals surface area contributed by atoms with Crippen molar-refractivity contribution in [3.8, 4) is 0 Å². The lowest BCUT2D eigenvalue weighted by molar-refractivity contribution is -0.128. The third kappa shape index (κ3) is 5.87. The molecular weight excluding hydrogens is 378 g/mol. The molecule has 0 radical (unpaired) electrons. The third-order valence-electron chi connectivity index (χ3n) is 3.75. The lowest BCUT2D eigenvalue weighted by Gasteiger charge is -2.17. The van der Waals surface area contributed by atoms with E-state index in [1.165, 1.54) is 17.6 Å². The van der Waals surface area contributed by atoms with Crippen LogP contribution in [0.3, 0.4) is 0 Å². The quantitative estimate of drug-likeness (QED) is 0.366. The van der Waals surface area contributed by atoms with E-state index in [2.05, 4.69) is 5.32 Å². The fraction of sp³-hybridized carbons (Fsp3) is 0.300. The van der Waals surface area contributed by atoms with Crippen LogP contribution in [-0.2, 0) is 11.3 Å². The molecule has 0 aliphatic heterocycles. The molecule has 1 aromatic carbocycles. The van der Waals surface area contributed by atoms with Crippen LogP contribution < -0.4 is 5.32 Å². The highest BCUT2D eigenvalue weighted by Gasteiger charge is 2.21. The molecule has 142 valence electrons. The fourth-order valence-electron chi connectivity index (χ4n) is 2.17. The zero-order valence-electron chi connectivity index (χ0n) is 15.6. The molecule has 1 amide bonds.